The SMILES string of the molecule is C[C@@H]1C[C@H](OCCS(N)(=O)=O)C[C@@H]([C@@H]2CC[C@H]2CN2C[C@@]3(CCCc4cc(Cl)ccc43)COc3ccc(C(=O)O)cc32)O1. The number of aromatic carboxylic acids is 1. The molecule has 4 aliphatic rings. The van der Waals surface area contributed by atoms with E-state index in [1.807, 2.05) is 13.0 Å². The normalized spacial score (nSPS) is 30.5. The molecule has 1 saturated carbocycles. The van der Waals surface area contributed by atoms with Crippen LogP contribution in [0.3, 0.4) is 0 Å². The van der Waals surface area contributed by atoms with Crippen LogP contribution in [0.5, 0.6) is 5.75 Å². The minimum absolute atomic E-state index is 0.0127. The van der Waals surface area contributed by atoms with Gasteiger partial charge < -0.3 is 24.2 Å². The van der Waals surface area contributed by atoms with E-state index >= 15 is 0 Å². The van der Waals surface area contributed by atoms with Gasteiger partial charge in [-0.15, -0.1) is 0 Å². The minimum Gasteiger partial charge on any atom is -0.490 e. The Morgan fingerprint density at radius 2 is 2.05 bits per heavy atom. The molecule has 0 aromatic heterocycles. The van der Waals surface area contributed by atoms with Crippen LogP contribution in [0.15, 0.2) is 36.4 Å². The fourth-order valence-corrected chi connectivity index (χ4v) is 8.24. The summed E-state index contributed by atoms with van der Waals surface area (Å²) in [6, 6.07) is 11.4. The van der Waals surface area contributed by atoms with Crippen LogP contribution in [-0.2, 0) is 31.3 Å². The summed E-state index contributed by atoms with van der Waals surface area (Å²) in [6.45, 7) is 4.14. The van der Waals surface area contributed by atoms with Crippen molar-refractivity contribution in [3.8, 4) is 5.75 Å². The molecular weight excluding hydrogens is 592 g/mol. The molecule has 0 bridgehead atoms. The Kier molecular flexibility index (Phi) is 8.69. The highest BCUT2D eigenvalue weighted by atomic mass is 35.5. The van der Waals surface area contributed by atoms with Gasteiger partial charge in [0, 0.05) is 29.9 Å². The standard InChI is InChI=1S/C32H41ClN2O7S/c1-20-13-25(40-11-12-43(34,38)39)16-30(42-20)26-7-4-23(26)17-35-18-32(10-2-3-21-14-24(33)6-8-27(21)32)19-41-29-9-5-22(31(36)37)15-28(29)35/h5-6,8-9,14-15,20,23,25-26,30H,2-4,7,10-13,16-19H2,1H3,(H,36,37)(H2,34,38,39)/t20-,23+,25+,26-,30+,32+/m1/s1. The van der Waals surface area contributed by atoms with E-state index in [0.717, 1.165) is 68.7 Å². The molecular formula is C32H41ClN2O7S. The smallest absolute Gasteiger partial charge is 0.335 e. The van der Waals surface area contributed by atoms with Crippen LogP contribution in [-0.4, -0.2) is 69.9 Å². The van der Waals surface area contributed by atoms with E-state index in [9.17, 15) is 18.3 Å². The predicted molar refractivity (Wildman–Crippen MR) is 165 cm³/mol. The number of hydrogen-bond donors (Lipinski definition) is 2. The number of halogens is 1. The van der Waals surface area contributed by atoms with Crippen LogP contribution in [0.1, 0.15) is 66.9 Å². The number of hydrogen-bond acceptors (Lipinski definition) is 7. The number of nitrogens with two attached hydrogens (primary N) is 1. The molecule has 2 aliphatic carbocycles. The Labute approximate surface area is 258 Å². The predicted octanol–water partition coefficient (Wildman–Crippen LogP) is 4.78. The van der Waals surface area contributed by atoms with Gasteiger partial charge in [0.2, 0.25) is 10.0 Å². The molecule has 234 valence electrons. The topological polar surface area (TPSA) is 128 Å². The average Bonchev–Trinajstić information content (AvgIpc) is 3.07. The molecule has 2 aromatic carbocycles. The molecule has 2 fully saturated rings. The largest absolute Gasteiger partial charge is 0.490 e. The lowest BCUT2D eigenvalue weighted by Gasteiger charge is -2.48. The maximum atomic E-state index is 12.0. The molecule has 2 aliphatic heterocycles. The fraction of sp³-hybridized carbons (Fsp3) is 0.594. The summed E-state index contributed by atoms with van der Waals surface area (Å²) in [7, 11) is -3.57. The van der Waals surface area contributed by atoms with Gasteiger partial charge in [-0.05, 0) is 98.7 Å². The first-order chi connectivity index (χ1) is 20.5. The summed E-state index contributed by atoms with van der Waals surface area (Å²) in [5, 5.41) is 15.7. The third-order valence-corrected chi connectivity index (χ3v) is 10.9. The fourth-order valence-electron chi connectivity index (χ4n) is 7.72. The van der Waals surface area contributed by atoms with Gasteiger partial charge in [-0.25, -0.2) is 18.4 Å². The lowest BCUT2D eigenvalue weighted by molar-refractivity contribution is -0.146. The quantitative estimate of drug-likeness (QED) is 0.426. The number of ether oxygens (including phenoxy) is 3. The Morgan fingerprint density at radius 3 is 2.79 bits per heavy atom. The number of carboxylic acid groups (broad SMARTS) is 1. The summed E-state index contributed by atoms with van der Waals surface area (Å²) >= 11 is 6.39. The van der Waals surface area contributed by atoms with E-state index in [0.29, 0.717) is 24.2 Å². The summed E-state index contributed by atoms with van der Waals surface area (Å²) in [6.07, 6.45) is 6.49. The number of nitrogens with zero attached hydrogens (tertiary/aromatic N) is 1. The summed E-state index contributed by atoms with van der Waals surface area (Å²) in [5.41, 5.74) is 3.37. The van der Waals surface area contributed by atoms with Crippen molar-refractivity contribution < 1.29 is 32.5 Å². The van der Waals surface area contributed by atoms with Crippen molar-refractivity contribution in [1.82, 2.24) is 0 Å². The van der Waals surface area contributed by atoms with Crippen LogP contribution in [0, 0.1) is 11.8 Å². The van der Waals surface area contributed by atoms with Crippen LogP contribution < -0.4 is 14.8 Å². The molecule has 2 aromatic rings. The Balaban J connectivity index is 1.25. The van der Waals surface area contributed by atoms with E-state index in [4.69, 9.17) is 31.0 Å². The summed E-state index contributed by atoms with van der Waals surface area (Å²) in [5.74, 6) is 0.242. The second-order valence-electron chi connectivity index (χ2n) is 12.9. The van der Waals surface area contributed by atoms with Gasteiger partial charge in [0.1, 0.15) is 5.75 Å². The lowest BCUT2D eigenvalue weighted by Crippen LogP contribution is -2.51. The number of benzene rings is 2. The Hall–Kier alpha value is -2.37. The van der Waals surface area contributed by atoms with Crippen molar-refractivity contribution in [2.75, 3.05) is 37.0 Å². The first kappa shape index (κ1) is 30.6. The molecule has 3 N–H and O–H groups in total. The molecule has 6 atom stereocenters. The highest BCUT2D eigenvalue weighted by molar-refractivity contribution is 7.89. The maximum Gasteiger partial charge on any atom is 0.335 e. The molecule has 2 heterocycles. The van der Waals surface area contributed by atoms with E-state index in [1.54, 1.807) is 18.2 Å². The highest BCUT2D eigenvalue weighted by Gasteiger charge is 2.46. The van der Waals surface area contributed by atoms with Crippen molar-refractivity contribution >= 4 is 33.3 Å². The number of primary sulfonamides is 1. The molecule has 1 spiro atoms. The van der Waals surface area contributed by atoms with E-state index in [1.165, 1.54) is 11.1 Å². The molecule has 11 heteroatoms. The van der Waals surface area contributed by atoms with Gasteiger partial charge in [-0.3, -0.25) is 0 Å². The van der Waals surface area contributed by atoms with Crippen molar-refractivity contribution in [1.29, 1.82) is 0 Å². The zero-order chi connectivity index (χ0) is 30.4. The van der Waals surface area contributed by atoms with Crippen molar-refractivity contribution in [3.63, 3.8) is 0 Å². The third kappa shape index (κ3) is 6.68. The Bertz CT molecular complexity index is 1470. The van der Waals surface area contributed by atoms with E-state index in [-0.39, 0.29) is 41.7 Å². The van der Waals surface area contributed by atoms with Gasteiger partial charge in [0.25, 0.3) is 0 Å². The molecule has 6 rings (SSSR count). The number of fused-ring (bicyclic) bond motifs is 3. The van der Waals surface area contributed by atoms with Crippen LogP contribution in [0.2, 0.25) is 5.02 Å². The third-order valence-electron chi connectivity index (χ3n) is 9.91. The minimum atomic E-state index is -3.57. The molecule has 9 nitrogen and oxygen atoms in total. The average molecular weight is 633 g/mol. The molecule has 0 unspecified atom stereocenters. The van der Waals surface area contributed by atoms with Crippen molar-refractivity contribution in [2.45, 2.75) is 75.6 Å². The number of rotatable bonds is 8. The number of anilines is 1. The van der Waals surface area contributed by atoms with E-state index in [2.05, 4.69) is 17.0 Å². The second-order valence-corrected chi connectivity index (χ2v) is 15.1. The number of aryl methyl sites for hydroxylation is 1. The number of carbonyl (C=O) groups is 1. The lowest BCUT2D eigenvalue weighted by atomic mass is 9.67. The summed E-state index contributed by atoms with van der Waals surface area (Å²) < 4.78 is 41.7. The first-order valence-electron chi connectivity index (χ1n) is 15.3. The molecule has 43 heavy (non-hydrogen) atoms. The van der Waals surface area contributed by atoms with Gasteiger partial charge in [0.15, 0.2) is 0 Å². The highest BCUT2D eigenvalue weighted by Crippen LogP contribution is 2.47. The van der Waals surface area contributed by atoms with Gasteiger partial charge in [-0.2, -0.15) is 0 Å². The zero-order valence-electron chi connectivity index (χ0n) is 24.5. The molecule has 0 amide bonds. The molecule has 1 saturated heterocycles. The van der Waals surface area contributed by atoms with Crippen LogP contribution >= 0.6 is 11.6 Å². The van der Waals surface area contributed by atoms with Gasteiger partial charge >= 0.3 is 5.97 Å². The first-order valence-corrected chi connectivity index (χ1v) is 17.4. The second kappa shape index (κ2) is 12.2. The zero-order valence-corrected chi connectivity index (χ0v) is 26.1. The van der Waals surface area contributed by atoms with Crippen molar-refractivity contribution in [2.24, 2.45) is 17.0 Å². The van der Waals surface area contributed by atoms with E-state index < -0.39 is 16.0 Å². The maximum absolute atomic E-state index is 12.0. The monoisotopic (exact) mass is 632 g/mol. The van der Waals surface area contributed by atoms with Gasteiger partial charge in [0.05, 0.1) is 48.5 Å². The number of sulfonamides is 1. The van der Waals surface area contributed by atoms with Crippen LogP contribution in [0.25, 0.3) is 0 Å². The van der Waals surface area contributed by atoms with Crippen LogP contribution in [0.4, 0.5) is 5.69 Å². The Morgan fingerprint density at radius 1 is 1.21 bits per heavy atom. The van der Waals surface area contributed by atoms with Gasteiger partial charge in [-0.1, -0.05) is 17.7 Å². The number of carboxylic acids is 1. The van der Waals surface area contributed by atoms with Crippen molar-refractivity contribution in [3.05, 3.63) is 58.1 Å². The molecule has 0 radical (unpaired) electrons. The summed E-state index contributed by atoms with van der Waals surface area (Å²) in [4.78, 5) is 14.3.